The van der Waals surface area contributed by atoms with Crippen molar-refractivity contribution in [2.24, 2.45) is 5.92 Å². The third-order valence-electron chi connectivity index (χ3n) is 4.59. The van der Waals surface area contributed by atoms with Gasteiger partial charge in [-0.2, -0.15) is 5.26 Å². The molecule has 0 bridgehead atoms. The average molecular weight is 251 g/mol. The third-order valence-corrected chi connectivity index (χ3v) is 4.59. The van der Waals surface area contributed by atoms with Crippen molar-refractivity contribution < 1.29 is 0 Å². The van der Waals surface area contributed by atoms with Gasteiger partial charge in [-0.05, 0) is 58.5 Å². The molecule has 104 valence electrons. The molecule has 1 aliphatic rings. The molecule has 3 unspecified atom stereocenters. The zero-order valence-electron chi connectivity index (χ0n) is 12.5. The van der Waals surface area contributed by atoms with Crippen molar-refractivity contribution in [1.29, 1.82) is 5.26 Å². The number of nitrogens with zero attached hydrogens (tertiary/aromatic N) is 2. The second kappa shape index (κ2) is 7.11. The summed E-state index contributed by atoms with van der Waals surface area (Å²) >= 11 is 0. The van der Waals surface area contributed by atoms with Crippen molar-refractivity contribution in [3.05, 3.63) is 0 Å². The van der Waals surface area contributed by atoms with Crippen LogP contribution < -0.4 is 5.32 Å². The summed E-state index contributed by atoms with van der Waals surface area (Å²) in [6.07, 6.45) is 5.63. The fourth-order valence-electron chi connectivity index (χ4n) is 2.94. The molecule has 1 rings (SSSR count). The van der Waals surface area contributed by atoms with E-state index >= 15 is 0 Å². The van der Waals surface area contributed by atoms with Gasteiger partial charge in [0.05, 0.1) is 6.07 Å². The quantitative estimate of drug-likeness (QED) is 0.789. The van der Waals surface area contributed by atoms with E-state index in [2.05, 4.69) is 37.1 Å². The van der Waals surface area contributed by atoms with Gasteiger partial charge in [-0.15, -0.1) is 0 Å². The normalized spacial score (nSPS) is 28.6. The molecular weight excluding hydrogens is 222 g/mol. The molecule has 1 aliphatic heterocycles. The molecule has 3 heteroatoms. The average Bonchev–Trinajstić information content (AvgIpc) is 2.39. The molecule has 1 saturated heterocycles. The first-order chi connectivity index (χ1) is 8.56. The zero-order chi connectivity index (χ0) is 13.6. The van der Waals surface area contributed by atoms with Crippen molar-refractivity contribution in [1.82, 2.24) is 10.2 Å². The first kappa shape index (κ1) is 15.5. The Balaban J connectivity index is 2.38. The molecule has 0 aromatic heterocycles. The van der Waals surface area contributed by atoms with E-state index in [9.17, 15) is 5.26 Å². The van der Waals surface area contributed by atoms with Gasteiger partial charge < -0.3 is 10.2 Å². The summed E-state index contributed by atoms with van der Waals surface area (Å²) in [6, 6.07) is 3.16. The lowest BCUT2D eigenvalue weighted by Gasteiger charge is -2.37. The molecule has 3 nitrogen and oxygen atoms in total. The highest BCUT2D eigenvalue weighted by atomic mass is 15.2. The summed E-state index contributed by atoms with van der Waals surface area (Å²) in [7, 11) is 1.90. The van der Waals surface area contributed by atoms with Crippen molar-refractivity contribution in [2.45, 2.75) is 64.5 Å². The van der Waals surface area contributed by atoms with Gasteiger partial charge in [-0.25, -0.2) is 0 Å². The summed E-state index contributed by atoms with van der Waals surface area (Å²) in [5.74, 6) is 0.831. The van der Waals surface area contributed by atoms with E-state index in [1.807, 2.05) is 7.05 Å². The molecule has 0 saturated carbocycles. The first-order valence-corrected chi connectivity index (χ1v) is 7.41. The molecule has 0 aromatic rings. The number of hydrogen-bond acceptors (Lipinski definition) is 3. The van der Waals surface area contributed by atoms with E-state index < -0.39 is 0 Å². The van der Waals surface area contributed by atoms with Crippen LogP contribution >= 0.6 is 0 Å². The van der Waals surface area contributed by atoms with Gasteiger partial charge in [0.15, 0.2) is 0 Å². The minimum atomic E-state index is -0.315. The molecule has 0 spiro atoms. The lowest BCUT2D eigenvalue weighted by Crippen LogP contribution is -2.44. The van der Waals surface area contributed by atoms with E-state index in [1.54, 1.807) is 0 Å². The van der Waals surface area contributed by atoms with Gasteiger partial charge in [-0.1, -0.05) is 13.8 Å². The van der Waals surface area contributed by atoms with Crippen LogP contribution in [-0.2, 0) is 0 Å². The Hall–Kier alpha value is -0.590. The standard InChI is InChI=1S/C15H29N3/c1-5-15(12-16,17-4)9-6-10-18-11-13(2)7-8-14(18)3/h13-14,17H,5-11H2,1-4H3. The summed E-state index contributed by atoms with van der Waals surface area (Å²) in [4.78, 5) is 2.60. The van der Waals surface area contributed by atoms with Crippen molar-refractivity contribution >= 4 is 0 Å². The largest absolute Gasteiger partial charge is 0.302 e. The summed E-state index contributed by atoms with van der Waals surface area (Å²) in [5, 5.41) is 12.5. The lowest BCUT2D eigenvalue weighted by molar-refractivity contribution is 0.120. The predicted molar refractivity (Wildman–Crippen MR) is 76.4 cm³/mol. The lowest BCUT2D eigenvalue weighted by atomic mass is 9.91. The molecule has 0 radical (unpaired) electrons. The fourth-order valence-corrected chi connectivity index (χ4v) is 2.94. The molecule has 3 atom stereocenters. The zero-order valence-corrected chi connectivity index (χ0v) is 12.5. The number of nitrogens with one attached hydrogen (secondary N) is 1. The van der Waals surface area contributed by atoms with Gasteiger partial charge in [0.1, 0.15) is 5.54 Å². The van der Waals surface area contributed by atoms with Crippen LogP contribution in [0.15, 0.2) is 0 Å². The van der Waals surface area contributed by atoms with Gasteiger partial charge in [0, 0.05) is 12.6 Å². The third kappa shape index (κ3) is 3.96. The van der Waals surface area contributed by atoms with Gasteiger partial charge in [0.25, 0.3) is 0 Å². The Labute approximate surface area is 113 Å². The highest BCUT2D eigenvalue weighted by molar-refractivity contribution is 5.05. The fraction of sp³-hybridized carbons (Fsp3) is 0.933. The maximum Gasteiger partial charge on any atom is 0.106 e. The van der Waals surface area contributed by atoms with Crippen LogP contribution in [0.25, 0.3) is 0 Å². The van der Waals surface area contributed by atoms with Crippen LogP contribution in [0.5, 0.6) is 0 Å². The van der Waals surface area contributed by atoms with E-state index in [0.717, 1.165) is 31.7 Å². The summed E-state index contributed by atoms with van der Waals surface area (Å²) in [6.45, 7) is 9.13. The molecule has 18 heavy (non-hydrogen) atoms. The topological polar surface area (TPSA) is 39.1 Å². The molecule has 1 N–H and O–H groups in total. The molecule has 1 heterocycles. The Morgan fingerprint density at radius 2 is 2.11 bits per heavy atom. The highest BCUT2D eigenvalue weighted by Gasteiger charge is 2.27. The monoisotopic (exact) mass is 251 g/mol. The smallest absolute Gasteiger partial charge is 0.106 e. The highest BCUT2D eigenvalue weighted by Crippen LogP contribution is 2.23. The van der Waals surface area contributed by atoms with Gasteiger partial charge in [-0.3, -0.25) is 0 Å². The Kier molecular flexibility index (Phi) is 6.11. The summed E-state index contributed by atoms with van der Waals surface area (Å²) < 4.78 is 0. The van der Waals surface area contributed by atoms with Gasteiger partial charge in [0.2, 0.25) is 0 Å². The van der Waals surface area contributed by atoms with Crippen LogP contribution in [0.1, 0.15) is 52.9 Å². The van der Waals surface area contributed by atoms with Crippen LogP contribution in [0.2, 0.25) is 0 Å². The van der Waals surface area contributed by atoms with E-state index in [0.29, 0.717) is 6.04 Å². The summed E-state index contributed by atoms with van der Waals surface area (Å²) in [5.41, 5.74) is -0.315. The van der Waals surface area contributed by atoms with E-state index in [4.69, 9.17) is 0 Å². The number of likely N-dealkylation sites (tertiary alicyclic amines) is 1. The minimum absolute atomic E-state index is 0.315. The molecule has 0 aliphatic carbocycles. The molecule has 0 aromatic carbocycles. The number of hydrogen-bond donors (Lipinski definition) is 1. The molecular formula is C15H29N3. The predicted octanol–water partition coefficient (Wildman–Crippen LogP) is 2.78. The molecule has 0 amide bonds. The second-order valence-corrected chi connectivity index (χ2v) is 5.93. The van der Waals surface area contributed by atoms with Crippen LogP contribution in [-0.4, -0.2) is 36.6 Å². The Morgan fingerprint density at radius 1 is 1.39 bits per heavy atom. The second-order valence-electron chi connectivity index (χ2n) is 5.93. The Morgan fingerprint density at radius 3 is 2.67 bits per heavy atom. The van der Waals surface area contributed by atoms with Gasteiger partial charge >= 0.3 is 0 Å². The number of rotatable bonds is 6. The first-order valence-electron chi connectivity index (χ1n) is 7.41. The van der Waals surface area contributed by atoms with Crippen LogP contribution in [0.3, 0.4) is 0 Å². The minimum Gasteiger partial charge on any atom is -0.302 e. The van der Waals surface area contributed by atoms with Crippen molar-refractivity contribution in [2.75, 3.05) is 20.1 Å². The number of piperidine rings is 1. The van der Waals surface area contributed by atoms with Crippen LogP contribution in [0.4, 0.5) is 0 Å². The Bertz CT molecular complexity index is 278. The SMILES string of the molecule is CCC(C#N)(CCCN1CC(C)CCC1C)NC. The maximum atomic E-state index is 9.28. The number of nitriles is 1. The van der Waals surface area contributed by atoms with Crippen molar-refractivity contribution in [3.63, 3.8) is 0 Å². The van der Waals surface area contributed by atoms with E-state index in [-0.39, 0.29) is 5.54 Å². The van der Waals surface area contributed by atoms with E-state index in [1.165, 1.54) is 19.4 Å². The maximum absolute atomic E-state index is 9.28. The van der Waals surface area contributed by atoms with Crippen LogP contribution in [0, 0.1) is 17.2 Å². The molecule has 1 fully saturated rings. The van der Waals surface area contributed by atoms with Crippen molar-refractivity contribution in [3.8, 4) is 6.07 Å².